The summed E-state index contributed by atoms with van der Waals surface area (Å²) in [5.41, 5.74) is 0.761. The summed E-state index contributed by atoms with van der Waals surface area (Å²) in [6, 6.07) is 11.0. The van der Waals surface area contributed by atoms with Gasteiger partial charge in [0.15, 0.2) is 5.92 Å². The third-order valence-electron chi connectivity index (χ3n) is 1.94. The third-order valence-corrected chi connectivity index (χ3v) is 2.28. The van der Waals surface area contributed by atoms with Crippen LogP contribution >= 0.6 is 12.2 Å². The highest BCUT2D eigenvalue weighted by Gasteiger charge is 2.21. The summed E-state index contributed by atoms with van der Waals surface area (Å²) >= 11 is 5.00. The number of thiocarbonyl (C=S) groups is 1. The van der Waals surface area contributed by atoms with Crippen LogP contribution in [0.3, 0.4) is 0 Å². The average Bonchev–Trinajstić information content (AvgIpc) is 2.31. The van der Waals surface area contributed by atoms with Crippen LogP contribution in [0.15, 0.2) is 30.3 Å². The van der Waals surface area contributed by atoms with Gasteiger partial charge in [-0.15, -0.1) is 0 Å². The van der Waals surface area contributed by atoms with E-state index in [0.717, 1.165) is 5.69 Å². The summed E-state index contributed by atoms with van der Waals surface area (Å²) in [7, 11) is 1.47. The molecule has 1 aromatic rings. The Hall–Kier alpha value is -1.93. The maximum Gasteiger partial charge on any atom is 0.244 e. The second kappa shape index (κ2) is 5.83. The molecule has 0 heterocycles. The molecule has 1 aromatic carbocycles. The lowest BCUT2D eigenvalue weighted by Gasteiger charge is -2.11. The SMILES string of the molecule is CNC(=O)C(C#N)C(=S)Nc1ccccc1. The molecule has 1 rings (SSSR count). The first-order valence-corrected chi connectivity index (χ1v) is 5.07. The highest BCUT2D eigenvalue weighted by atomic mass is 32.1. The highest BCUT2D eigenvalue weighted by Crippen LogP contribution is 2.08. The van der Waals surface area contributed by atoms with E-state index < -0.39 is 11.8 Å². The number of nitriles is 1. The maximum absolute atomic E-state index is 11.3. The topological polar surface area (TPSA) is 64.9 Å². The van der Waals surface area contributed by atoms with Crippen molar-refractivity contribution < 1.29 is 4.79 Å². The minimum absolute atomic E-state index is 0.202. The third kappa shape index (κ3) is 3.04. The van der Waals surface area contributed by atoms with E-state index in [-0.39, 0.29) is 4.99 Å². The normalized spacial score (nSPS) is 11.0. The van der Waals surface area contributed by atoms with E-state index in [0.29, 0.717) is 0 Å². The van der Waals surface area contributed by atoms with Crippen molar-refractivity contribution in [2.45, 2.75) is 0 Å². The van der Waals surface area contributed by atoms with E-state index in [9.17, 15) is 4.79 Å². The molecular weight excluding hydrogens is 222 g/mol. The van der Waals surface area contributed by atoms with Crippen molar-refractivity contribution >= 4 is 28.8 Å². The first-order chi connectivity index (χ1) is 7.69. The average molecular weight is 233 g/mol. The summed E-state index contributed by atoms with van der Waals surface area (Å²) in [6.45, 7) is 0. The zero-order chi connectivity index (χ0) is 12.0. The largest absolute Gasteiger partial charge is 0.358 e. The van der Waals surface area contributed by atoms with Crippen LogP contribution in [0.5, 0.6) is 0 Å². The zero-order valence-electron chi connectivity index (χ0n) is 8.73. The number of amides is 1. The van der Waals surface area contributed by atoms with Crippen LogP contribution in [-0.2, 0) is 4.79 Å². The van der Waals surface area contributed by atoms with E-state index >= 15 is 0 Å². The molecule has 1 atom stereocenters. The molecule has 1 amide bonds. The number of carbonyl (C=O) groups excluding carboxylic acids is 1. The van der Waals surface area contributed by atoms with Crippen LogP contribution in [0.2, 0.25) is 0 Å². The molecule has 0 radical (unpaired) electrons. The van der Waals surface area contributed by atoms with Gasteiger partial charge in [-0.3, -0.25) is 4.79 Å². The van der Waals surface area contributed by atoms with Gasteiger partial charge in [-0.05, 0) is 12.1 Å². The quantitative estimate of drug-likeness (QED) is 0.773. The Labute approximate surface area is 99.3 Å². The Morgan fingerprint density at radius 3 is 2.56 bits per heavy atom. The Morgan fingerprint density at radius 1 is 1.44 bits per heavy atom. The van der Waals surface area contributed by atoms with Crippen molar-refractivity contribution in [1.82, 2.24) is 5.32 Å². The zero-order valence-corrected chi connectivity index (χ0v) is 9.54. The number of hydrogen-bond donors (Lipinski definition) is 2. The minimum Gasteiger partial charge on any atom is -0.358 e. The molecule has 0 fully saturated rings. The van der Waals surface area contributed by atoms with Gasteiger partial charge in [0.05, 0.1) is 6.07 Å². The molecule has 0 saturated heterocycles. The van der Waals surface area contributed by atoms with Crippen LogP contribution in [0.25, 0.3) is 0 Å². The summed E-state index contributed by atoms with van der Waals surface area (Å²) < 4.78 is 0. The van der Waals surface area contributed by atoms with Gasteiger partial charge in [-0.2, -0.15) is 5.26 Å². The van der Waals surface area contributed by atoms with Gasteiger partial charge in [0.25, 0.3) is 0 Å². The molecule has 0 saturated carbocycles. The Kier molecular flexibility index (Phi) is 4.42. The lowest BCUT2D eigenvalue weighted by atomic mass is 10.1. The van der Waals surface area contributed by atoms with Gasteiger partial charge in [-0.1, -0.05) is 30.4 Å². The smallest absolute Gasteiger partial charge is 0.244 e. The number of hydrogen-bond acceptors (Lipinski definition) is 3. The number of rotatable bonds is 3. The minimum atomic E-state index is -0.958. The molecule has 0 aliphatic rings. The van der Waals surface area contributed by atoms with E-state index in [1.54, 1.807) is 0 Å². The van der Waals surface area contributed by atoms with Crippen LogP contribution in [0, 0.1) is 17.2 Å². The fraction of sp³-hybridized carbons (Fsp3) is 0.182. The van der Waals surface area contributed by atoms with Crippen molar-refractivity contribution in [3.05, 3.63) is 30.3 Å². The Morgan fingerprint density at radius 2 is 2.06 bits per heavy atom. The predicted octanol–water partition coefficient (Wildman–Crippen LogP) is 1.31. The van der Waals surface area contributed by atoms with Crippen LogP contribution in [0.4, 0.5) is 5.69 Å². The van der Waals surface area contributed by atoms with Crippen molar-refractivity contribution in [3.8, 4) is 6.07 Å². The summed E-state index contributed by atoms with van der Waals surface area (Å²) in [5, 5.41) is 14.1. The first kappa shape index (κ1) is 12.1. The number of nitrogens with one attached hydrogen (secondary N) is 2. The molecule has 0 aliphatic heterocycles. The van der Waals surface area contributed by atoms with Crippen molar-refractivity contribution in [2.24, 2.45) is 5.92 Å². The molecule has 5 heteroatoms. The van der Waals surface area contributed by atoms with Crippen LogP contribution in [-0.4, -0.2) is 17.9 Å². The van der Waals surface area contributed by atoms with Gasteiger partial charge < -0.3 is 10.6 Å². The first-order valence-electron chi connectivity index (χ1n) is 4.66. The molecular formula is C11H11N3OS. The van der Waals surface area contributed by atoms with Crippen molar-refractivity contribution in [2.75, 3.05) is 12.4 Å². The summed E-state index contributed by atoms with van der Waals surface area (Å²) in [6.07, 6.45) is 0. The van der Waals surface area contributed by atoms with Gasteiger partial charge in [0, 0.05) is 12.7 Å². The predicted molar refractivity (Wildman–Crippen MR) is 65.8 cm³/mol. The second-order valence-electron chi connectivity index (χ2n) is 3.03. The lowest BCUT2D eigenvalue weighted by Crippen LogP contribution is -2.34. The molecule has 82 valence electrons. The number of para-hydroxylation sites is 1. The molecule has 4 nitrogen and oxygen atoms in total. The van der Waals surface area contributed by atoms with Crippen molar-refractivity contribution in [1.29, 1.82) is 5.26 Å². The van der Waals surface area contributed by atoms with Crippen LogP contribution in [0.1, 0.15) is 0 Å². The Balaban J connectivity index is 2.72. The van der Waals surface area contributed by atoms with E-state index in [1.165, 1.54) is 7.05 Å². The fourth-order valence-electron chi connectivity index (χ4n) is 1.12. The van der Waals surface area contributed by atoms with E-state index in [2.05, 4.69) is 10.6 Å². The molecule has 2 N–H and O–H groups in total. The number of anilines is 1. The summed E-state index contributed by atoms with van der Waals surface area (Å²) in [4.78, 5) is 11.5. The number of benzene rings is 1. The van der Waals surface area contributed by atoms with Crippen molar-refractivity contribution in [3.63, 3.8) is 0 Å². The monoisotopic (exact) mass is 233 g/mol. The molecule has 1 unspecified atom stereocenters. The van der Waals surface area contributed by atoms with Gasteiger partial charge in [0.1, 0.15) is 4.99 Å². The lowest BCUT2D eigenvalue weighted by molar-refractivity contribution is -0.121. The highest BCUT2D eigenvalue weighted by molar-refractivity contribution is 7.80. The standard InChI is InChI=1S/C11H11N3OS/c1-13-10(15)9(7-12)11(16)14-8-5-3-2-4-6-8/h2-6,9H,1H3,(H,13,15)(H,14,16). The second-order valence-corrected chi connectivity index (χ2v) is 3.47. The molecule has 0 spiro atoms. The van der Waals surface area contributed by atoms with Gasteiger partial charge in [-0.25, -0.2) is 0 Å². The Bertz CT molecular complexity index is 425. The van der Waals surface area contributed by atoms with Gasteiger partial charge in [0.2, 0.25) is 5.91 Å². The molecule has 0 aliphatic carbocycles. The molecule has 0 bridgehead atoms. The molecule has 0 aromatic heterocycles. The van der Waals surface area contributed by atoms with Crippen LogP contribution < -0.4 is 10.6 Å². The maximum atomic E-state index is 11.3. The van der Waals surface area contributed by atoms with E-state index in [4.69, 9.17) is 17.5 Å². The van der Waals surface area contributed by atoms with Gasteiger partial charge >= 0.3 is 0 Å². The van der Waals surface area contributed by atoms with E-state index in [1.807, 2.05) is 36.4 Å². The number of nitrogens with zero attached hydrogens (tertiary/aromatic N) is 1. The fourth-order valence-corrected chi connectivity index (χ4v) is 1.39. The number of carbonyl (C=O) groups is 1. The molecule has 16 heavy (non-hydrogen) atoms. The summed E-state index contributed by atoms with van der Waals surface area (Å²) in [5.74, 6) is -1.36.